The van der Waals surface area contributed by atoms with Crippen molar-refractivity contribution < 1.29 is 4.79 Å². The van der Waals surface area contributed by atoms with Gasteiger partial charge >= 0.3 is 0 Å². The van der Waals surface area contributed by atoms with Gasteiger partial charge in [0.25, 0.3) is 0 Å². The maximum atomic E-state index is 13.3. The third kappa shape index (κ3) is 2.18. The van der Waals surface area contributed by atoms with E-state index in [1.165, 1.54) is 33.3 Å². The van der Waals surface area contributed by atoms with Gasteiger partial charge in [-0.05, 0) is 69.5 Å². The zero-order chi connectivity index (χ0) is 20.9. The van der Waals surface area contributed by atoms with Crippen LogP contribution < -0.4 is 5.32 Å². The molecule has 1 aliphatic carbocycles. The number of allylic oxidation sites excluding steroid dienone is 2. The summed E-state index contributed by atoms with van der Waals surface area (Å²) in [7, 11) is 0. The van der Waals surface area contributed by atoms with E-state index < -0.39 is 0 Å². The van der Waals surface area contributed by atoms with Gasteiger partial charge in [-0.25, -0.2) is 0 Å². The number of hydrogen-bond donors (Lipinski definition) is 2. The molecule has 4 heteroatoms. The normalized spacial score (nSPS) is 33.7. The summed E-state index contributed by atoms with van der Waals surface area (Å²) in [6.45, 7) is 11.2. The van der Waals surface area contributed by atoms with Crippen LogP contribution in [0.4, 0.5) is 0 Å². The van der Waals surface area contributed by atoms with Gasteiger partial charge in [0, 0.05) is 28.6 Å². The van der Waals surface area contributed by atoms with Crippen LogP contribution in [-0.2, 0) is 23.1 Å². The first kappa shape index (κ1) is 18.7. The minimum atomic E-state index is -0.248. The maximum absolute atomic E-state index is 13.3. The van der Waals surface area contributed by atoms with Crippen molar-refractivity contribution in [1.82, 2.24) is 15.2 Å². The van der Waals surface area contributed by atoms with Gasteiger partial charge in [-0.3, -0.25) is 9.69 Å². The van der Waals surface area contributed by atoms with Crippen molar-refractivity contribution in [3.05, 3.63) is 46.7 Å². The van der Waals surface area contributed by atoms with Crippen molar-refractivity contribution in [3.63, 3.8) is 0 Å². The molecule has 2 aromatic rings. The molecule has 2 spiro atoms. The molecule has 1 aromatic carbocycles. The van der Waals surface area contributed by atoms with E-state index in [4.69, 9.17) is 0 Å². The molecule has 3 atom stereocenters. The third-order valence-electron chi connectivity index (χ3n) is 8.86. The molecule has 5 heterocycles. The van der Waals surface area contributed by atoms with Gasteiger partial charge in [-0.15, -0.1) is 0 Å². The summed E-state index contributed by atoms with van der Waals surface area (Å²) in [5, 5.41) is 4.95. The fourth-order valence-electron chi connectivity index (χ4n) is 7.41. The highest BCUT2D eigenvalue weighted by molar-refractivity contribution is 5.92. The predicted molar refractivity (Wildman–Crippen MR) is 121 cm³/mol. The highest BCUT2D eigenvalue weighted by Gasteiger charge is 2.68. The Bertz CT molecular complexity index is 1100. The molecule has 4 nitrogen and oxygen atoms in total. The van der Waals surface area contributed by atoms with E-state index in [0.29, 0.717) is 11.8 Å². The van der Waals surface area contributed by atoms with E-state index in [-0.39, 0.29) is 16.5 Å². The summed E-state index contributed by atoms with van der Waals surface area (Å²) in [6, 6.07) is 6.73. The molecule has 0 saturated carbocycles. The second-order valence-electron chi connectivity index (χ2n) is 11.1. The van der Waals surface area contributed by atoms with Crippen LogP contribution in [0.25, 0.3) is 10.9 Å². The molecule has 7 rings (SSSR count). The number of aromatic amines is 1. The van der Waals surface area contributed by atoms with Gasteiger partial charge in [0.05, 0.1) is 5.54 Å². The van der Waals surface area contributed by atoms with Crippen molar-refractivity contribution in [2.75, 3.05) is 13.1 Å². The summed E-state index contributed by atoms with van der Waals surface area (Å²) in [5.41, 5.74) is 6.48. The number of H-pyrrole nitrogens is 1. The molecular formula is C26H33N3O. The minimum absolute atomic E-state index is 0.00969. The molecule has 30 heavy (non-hydrogen) atoms. The summed E-state index contributed by atoms with van der Waals surface area (Å²) >= 11 is 0. The van der Waals surface area contributed by atoms with E-state index in [1.54, 1.807) is 0 Å². The first-order chi connectivity index (χ1) is 14.3. The van der Waals surface area contributed by atoms with Crippen molar-refractivity contribution in [2.45, 2.75) is 76.3 Å². The van der Waals surface area contributed by atoms with Gasteiger partial charge in [-0.1, -0.05) is 43.7 Å². The average molecular weight is 404 g/mol. The number of para-hydroxylation sites is 1. The number of nitrogens with one attached hydrogen (secondary N) is 2. The quantitative estimate of drug-likeness (QED) is 0.737. The van der Waals surface area contributed by atoms with E-state index in [2.05, 4.69) is 67.2 Å². The van der Waals surface area contributed by atoms with Crippen LogP contribution in [0.1, 0.15) is 63.8 Å². The van der Waals surface area contributed by atoms with Crippen LogP contribution in [0.3, 0.4) is 0 Å². The van der Waals surface area contributed by atoms with Crippen molar-refractivity contribution in [1.29, 1.82) is 0 Å². The van der Waals surface area contributed by atoms with Crippen LogP contribution in [0, 0.1) is 5.92 Å². The van der Waals surface area contributed by atoms with Gasteiger partial charge in [0.15, 0.2) is 0 Å². The smallest absolute Gasteiger partial charge is 0.241 e. The predicted octanol–water partition coefficient (Wildman–Crippen LogP) is 4.23. The zero-order valence-corrected chi connectivity index (χ0v) is 18.7. The summed E-state index contributed by atoms with van der Waals surface area (Å²) in [6.07, 6.45) is 7.40. The van der Waals surface area contributed by atoms with Crippen LogP contribution in [0.5, 0.6) is 0 Å². The third-order valence-corrected chi connectivity index (χ3v) is 8.86. The molecule has 1 aromatic heterocycles. The molecule has 4 aliphatic heterocycles. The summed E-state index contributed by atoms with van der Waals surface area (Å²) in [4.78, 5) is 19.7. The van der Waals surface area contributed by atoms with E-state index in [9.17, 15) is 4.79 Å². The van der Waals surface area contributed by atoms with Gasteiger partial charge in [0.2, 0.25) is 5.91 Å². The number of carbonyl (C=O) groups excluding carboxylic acids is 1. The first-order valence-corrected chi connectivity index (χ1v) is 11.6. The molecular weight excluding hydrogens is 370 g/mol. The number of piperazine rings is 1. The number of carbonyl (C=O) groups is 1. The molecule has 1 unspecified atom stereocenters. The van der Waals surface area contributed by atoms with Crippen LogP contribution in [0.2, 0.25) is 0 Å². The molecule has 2 N–H and O–H groups in total. The van der Waals surface area contributed by atoms with Crippen LogP contribution in [-0.4, -0.2) is 40.0 Å². The Morgan fingerprint density at radius 3 is 2.93 bits per heavy atom. The maximum Gasteiger partial charge on any atom is 0.241 e. The zero-order valence-electron chi connectivity index (χ0n) is 18.7. The Labute approximate surface area is 179 Å². The molecule has 158 valence electrons. The summed E-state index contributed by atoms with van der Waals surface area (Å²) < 4.78 is 0. The lowest BCUT2D eigenvalue weighted by Gasteiger charge is -2.65. The number of piperidine rings is 2. The number of nitrogens with zero attached hydrogens (tertiary/aromatic N) is 1. The summed E-state index contributed by atoms with van der Waals surface area (Å²) in [5.74, 6) is 0.768. The highest BCUT2D eigenvalue weighted by Crippen LogP contribution is 2.58. The Morgan fingerprint density at radius 1 is 1.30 bits per heavy atom. The van der Waals surface area contributed by atoms with Crippen LogP contribution in [0.15, 0.2) is 29.8 Å². The van der Waals surface area contributed by atoms with Crippen molar-refractivity contribution in [3.8, 4) is 0 Å². The van der Waals surface area contributed by atoms with Crippen molar-refractivity contribution in [2.24, 2.45) is 5.92 Å². The van der Waals surface area contributed by atoms with E-state index >= 15 is 0 Å². The second kappa shape index (κ2) is 5.79. The number of benzene rings is 1. The second-order valence-corrected chi connectivity index (χ2v) is 11.1. The number of fused-ring (bicyclic) bond motifs is 4. The fourth-order valence-corrected chi connectivity index (χ4v) is 7.41. The van der Waals surface area contributed by atoms with Gasteiger partial charge in [-0.2, -0.15) is 0 Å². The monoisotopic (exact) mass is 403 g/mol. The lowest BCUT2D eigenvalue weighted by atomic mass is 9.51. The minimum Gasteiger partial charge on any atom is -0.357 e. The average Bonchev–Trinajstić information content (AvgIpc) is 3.28. The standard InChI is InChI=1S/C26H33N3O/c1-16(2)9-10-17-7-5-8-18-19-13-25-15-29-12-6-11-26(29,23(30)28-25)14-20(25)24(3,4)22(19)27-21(17)18/h5,7-9,20,27H,6,10-15H2,1-4H3,(H,28,30)/t20?,25-,26+/m1/s1. The Morgan fingerprint density at radius 2 is 2.13 bits per heavy atom. The molecule has 4 fully saturated rings. The van der Waals surface area contributed by atoms with E-state index in [0.717, 1.165) is 45.2 Å². The first-order valence-electron chi connectivity index (χ1n) is 11.6. The Kier molecular flexibility index (Phi) is 3.60. The fraction of sp³-hybridized carbons (Fsp3) is 0.577. The van der Waals surface area contributed by atoms with Crippen LogP contribution >= 0.6 is 0 Å². The SMILES string of the molecule is CC(C)=CCc1cccc2c3c([nH]c12)C(C)(C)C1C[C@]24CCCN2C[C@@]1(C3)NC4=O. The molecule has 5 aliphatic rings. The topological polar surface area (TPSA) is 48.1 Å². The molecule has 0 radical (unpaired) electrons. The number of hydrogen-bond acceptors (Lipinski definition) is 2. The lowest BCUT2D eigenvalue weighted by Crippen LogP contribution is -2.82. The number of aromatic nitrogens is 1. The number of amides is 1. The molecule has 2 bridgehead atoms. The Balaban J connectivity index is 1.52. The van der Waals surface area contributed by atoms with Gasteiger partial charge in [0.1, 0.15) is 5.54 Å². The number of rotatable bonds is 2. The lowest BCUT2D eigenvalue weighted by molar-refractivity contribution is -0.160. The van der Waals surface area contributed by atoms with Gasteiger partial charge < -0.3 is 10.3 Å². The largest absolute Gasteiger partial charge is 0.357 e. The van der Waals surface area contributed by atoms with Crippen molar-refractivity contribution >= 4 is 16.8 Å². The Hall–Kier alpha value is -2.07. The molecule has 4 saturated heterocycles. The molecule has 1 amide bonds. The van der Waals surface area contributed by atoms with E-state index in [1.807, 2.05) is 0 Å². The highest BCUT2D eigenvalue weighted by atomic mass is 16.2.